The Balaban J connectivity index is 1.46. The van der Waals surface area contributed by atoms with Crippen LogP contribution in [0.15, 0.2) is 53.0 Å². The smallest absolute Gasteiger partial charge is 0.171 e. The molecule has 0 aromatic heterocycles. The minimum Gasteiger partial charge on any atom is -0.358 e. The molecule has 126 valence electrons. The molecule has 1 heterocycles. The Kier molecular flexibility index (Phi) is 6.24. The van der Waals surface area contributed by atoms with Crippen molar-refractivity contribution in [3.63, 3.8) is 0 Å². The fourth-order valence-electron chi connectivity index (χ4n) is 3.04. The summed E-state index contributed by atoms with van der Waals surface area (Å²) in [5, 5.41) is 7.10. The van der Waals surface area contributed by atoms with Crippen molar-refractivity contribution in [1.29, 1.82) is 0 Å². The predicted molar refractivity (Wildman–Crippen MR) is 107 cm³/mol. The highest BCUT2D eigenvalue weighted by Crippen LogP contribution is 2.15. The molecule has 0 atom stereocenters. The maximum Gasteiger partial charge on any atom is 0.171 e. The van der Waals surface area contributed by atoms with Crippen molar-refractivity contribution in [2.75, 3.05) is 18.4 Å². The van der Waals surface area contributed by atoms with Gasteiger partial charge in [-0.15, -0.1) is 0 Å². The molecule has 3 rings (SSSR count). The second kappa shape index (κ2) is 8.60. The van der Waals surface area contributed by atoms with Gasteiger partial charge in [0.2, 0.25) is 0 Å². The van der Waals surface area contributed by atoms with Crippen LogP contribution >= 0.6 is 28.1 Å². The van der Waals surface area contributed by atoms with E-state index in [1.807, 2.05) is 24.3 Å². The average Bonchev–Trinajstić information content (AvgIpc) is 3.07. The first-order valence-corrected chi connectivity index (χ1v) is 9.61. The van der Waals surface area contributed by atoms with Gasteiger partial charge in [0.25, 0.3) is 0 Å². The molecule has 5 heteroatoms. The highest BCUT2D eigenvalue weighted by Gasteiger charge is 2.15. The zero-order chi connectivity index (χ0) is 16.8. The minimum atomic E-state index is 0.638. The quantitative estimate of drug-likeness (QED) is 0.668. The summed E-state index contributed by atoms with van der Waals surface area (Å²) in [5.41, 5.74) is 3.64. The average molecular weight is 405 g/mol. The van der Waals surface area contributed by atoms with Gasteiger partial charge in [-0.25, -0.2) is 0 Å². The molecule has 0 radical (unpaired) electrons. The third kappa shape index (κ3) is 5.30. The van der Waals surface area contributed by atoms with Crippen LogP contribution in [0.2, 0.25) is 0 Å². The van der Waals surface area contributed by atoms with Gasteiger partial charge in [0.1, 0.15) is 6.54 Å². The number of anilines is 1. The van der Waals surface area contributed by atoms with Crippen molar-refractivity contribution in [3.05, 3.63) is 64.1 Å². The van der Waals surface area contributed by atoms with Crippen LogP contribution in [0.3, 0.4) is 0 Å². The summed E-state index contributed by atoms with van der Waals surface area (Å²) in [6.07, 6.45) is 2.75. The van der Waals surface area contributed by atoms with Gasteiger partial charge in [-0.05, 0) is 36.0 Å². The summed E-state index contributed by atoms with van der Waals surface area (Å²) in [4.78, 5) is 1.71. The lowest BCUT2D eigenvalue weighted by molar-refractivity contribution is -0.901. The van der Waals surface area contributed by atoms with Gasteiger partial charge in [-0.3, -0.25) is 0 Å². The van der Waals surface area contributed by atoms with E-state index in [0.29, 0.717) is 5.11 Å². The Morgan fingerprint density at radius 2 is 1.75 bits per heavy atom. The summed E-state index contributed by atoms with van der Waals surface area (Å²) in [6, 6.07) is 16.8. The van der Waals surface area contributed by atoms with Crippen LogP contribution in [-0.4, -0.2) is 18.2 Å². The summed E-state index contributed by atoms with van der Waals surface area (Å²) in [5.74, 6) is 0. The van der Waals surface area contributed by atoms with Crippen molar-refractivity contribution in [2.24, 2.45) is 0 Å². The van der Waals surface area contributed by atoms with Crippen molar-refractivity contribution in [1.82, 2.24) is 5.32 Å². The van der Waals surface area contributed by atoms with Gasteiger partial charge < -0.3 is 15.5 Å². The molecule has 0 unspecified atom stereocenters. The second-order valence-electron chi connectivity index (χ2n) is 6.27. The molecule has 1 aliphatic rings. The molecule has 0 bridgehead atoms. The molecular formula is C19H23BrN3S+. The lowest BCUT2D eigenvalue weighted by atomic mass is 10.1. The largest absolute Gasteiger partial charge is 0.358 e. The van der Waals surface area contributed by atoms with Crippen molar-refractivity contribution >= 4 is 38.9 Å². The number of thiocarbonyl (C=S) groups is 1. The highest BCUT2D eigenvalue weighted by atomic mass is 79.9. The number of hydrogen-bond acceptors (Lipinski definition) is 1. The van der Waals surface area contributed by atoms with Gasteiger partial charge in [-0.2, -0.15) is 0 Å². The minimum absolute atomic E-state index is 0.638. The molecule has 1 fully saturated rings. The van der Waals surface area contributed by atoms with Gasteiger partial charge in [0.15, 0.2) is 5.11 Å². The molecule has 1 aliphatic heterocycles. The number of nitrogens with one attached hydrogen (secondary N) is 3. The third-order valence-electron chi connectivity index (χ3n) is 4.32. The third-order valence-corrected chi connectivity index (χ3v) is 5.06. The first-order valence-electron chi connectivity index (χ1n) is 8.41. The van der Waals surface area contributed by atoms with Crippen LogP contribution in [0.25, 0.3) is 0 Å². The number of benzene rings is 2. The summed E-state index contributed by atoms with van der Waals surface area (Å²) < 4.78 is 1.03. The predicted octanol–water partition coefficient (Wildman–Crippen LogP) is 3.11. The molecule has 0 saturated carbocycles. The second-order valence-corrected chi connectivity index (χ2v) is 7.59. The Bertz CT molecular complexity index is 681. The van der Waals surface area contributed by atoms with Gasteiger partial charge in [0, 0.05) is 35.1 Å². The molecule has 3 nitrogen and oxygen atoms in total. The Morgan fingerprint density at radius 3 is 2.46 bits per heavy atom. The zero-order valence-electron chi connectivity index (χ0n) is 13.6. The monoisotopic (exact) mass is 404 g/mol. The molecule has 0 amide bonds. The number of likely N-dealkylation sites (tertiary alicyclic amines) is 1. The van der Waals surface area contributed by atoms with E-state index in [-0.39, 0.29) is 0 Å². The molecule has 0 spiro atoms. The SMILES string of the molecule is S=C(NCc1ccc(C[NH+]2CCCC2)cc1)Nc1cccc(Br)c1. The molecule has 0 aliphatic carbocycles. The lowest BCUT2D eigenvalue weighted by Gasteiger charge is -2.13. The van der Waals surface area contributed by atoms with E-state index in [2.05, 4.69) is 50.8 Å². The van der Waals surface area contributed by atoms with E-state index in [4.69, 9.17) is 12.2 Å². The normalized spacial score (nSPS) is 14.5. The number of quaternary nitrogens is 1. The molecule has 2 aromatic rings. The van der Waals surface area contributed by atoms with Crippen LogP contribution in [0, 0.1) is 0 Å². The van der Waals surface area contributed by atoms with E-state index in [1.165, 1.54) is 37.1 Å². The van der Waals surface area contributed by atoms with Crippen LogP contribution < -0.4 is 15.5 Å². The van der Waals surface area contributed by atoms with Crippen molar-refractivity contribution in [2.45, 2.75) is 25.9 Å². The number of halogens is 1. The van der Waals surface area contributed by atoms with E-state index >= 15 is 0 Å². The topological polar surface area (TPSA) is 28.5 Å². The Hall–Kier alpha value is -1.43. The maximum absolute atomic E-state index is 5.36. The van der Waals surface area contributed by atoms with Gasteiger partial charge in [0.05, 0.1) is 13.1 Å². The maximum atomic E-state index is 5.36. The number of hydrogen-bond donors (Lipinski definition) is 3. The zero-order valence-corrected chi connectivity index (χ0v) is 16.1. The molecule has 24 heavy (non-hydrogen) atoms. The van der Waals surface area contributed by atoms with Crippen molar-refractivity contribution < 1.29 is 4.90 Å². The summed E-state index contributed by atoms with van der Waals surface area (Å²) >= 11 is 8.82. The van der Waals surface area contributed by atoms with E-state index in [1.54, 1.807) is 4.90 Å². The van der Waals surface area contributed by atoms with Crippen LogP contribution in [0.5, 0.6) is 0 Å². The first-order chi connectivity index (χ1) is 11.7. The molecule has 2 aromatic carbocycles. The van der Waals surface area contributed by atoms with E-state index in [9.17, 15) is 0 Å². The summed E-state index contributed by atoms with van der Waals surface area (Å²) in [6.45, 7) is 4.52. The lowest BCUT2D eigenvalue weighted by Crippen LogP contribution is -3.08. The Morgan fingerprint density at radius 1 is 1.04 bits per heavy atom. The van der Waals surface area contributed by atoms with Crippen molar-refractivity contribution in [3.8, 4) is 0 Å². The molecule has 3 N–H and O–H groups in total. The fraction of sp³-hybridized carbons (Fsp3) is 0.316. The molecular weight excluding hydrogens is 382 g/mol. The standard InChI is InChI=1S/C19H22BrN3S/c20-17-4-3-5-18(12-17)22-19(24)21-13-15-6-8-16(9-7-15)14-23-10-1-2-11-23/h3-9,12H,1-2,10-11,13-14H2,(H2,21,22,24)/p+1. The fourth-order valence-corrected chi connectivity index (χ4v) is 3.63. The Labute approximate surface area is 157 Å². The van der Waals surface area contributed by atoms with Gasteiger partial charge in [-0.1, -0.05) is 46.3 Å². The first kappa shape index (κ1) is 17.4. The van der Waals surface area contributed by atoms with E-state index < -0.39 is 0 Å². The summed E-state index contributed by atoms with van der Waals surface area (Å²) in [7, 11) is 0. The van der Waals surface area contributed by atoms with Crippen LogP contribution in [0.1, 0.15) is 24.0 Å². The molecule has 1 saturated heterocycles. The van der Waals surface area contributed by atoms with Crippen LogP contribution in [0.4, 0.5) is 5.69 Å². The van der Waals surface area contributed by atoms with Crippen LogP contribution in [-0.2, 0) is 13.1 Å². The van der Waals surface area contributed by atoms with Gasteiger partial charge >= 0.3 is 0 Å². The highest BCUT2D eigenvalue weighted by molar-refractivity contribution is 9.10. The van der Waals surface area contributed by atoms with E-state index in [0.717, 1.165) is 23.2 Å². The number of rotatable bonds is 5.